The molecule has 4 heteroatoms. The van der Waals surface area contributed by atoms with Crippen LogP contribution >= 0.6 is 0 Å². The van der Waals surface area contributed by atoms with E-state index in [2.05, 4.69) is 5.32 Å². The summed E-state index contributed by atoms with van der Waals surface area (Å²) in [6, 6.07) is 4.64. The zero-order valence-corrected chi connectivity index (χ0v) is 12.0. The third kappa shape index (κ3) is 3.57. The fourth-order valence-corrected chi connectivity index (χ4v) is 2.60. The number of benzene rings is 1. The molecule has 1 aromatic carbocycles. The summed E-state index contributed by atoms with van der Waals surface area (Å²) in [7, 11) is 0. The summed E-state index contributed by atoms with van der Waals surface area (Å²) in [6.07, 6.45) is 2.19. The van der Waals surface area contributed by atoms with E-state index in [0.29, 0.717) is 0 Å². The number of carbonyl (C=O) groups is 1. The summed E-state index contributed by atoms with van der Waals surface area (Å²) in [5.74, 6) is -0.391. The molecule has 0 aromatic heterocycles. The van der Waals surface area contributed by atoms with Crippen LogP contribution in [0.5, 0.6) is 0 Å². The highest BCUT2D eigenvalue weighted by Crippen LogP contribution is 2.30. The van der Waals surface area contributed by atoms with Crippen molar-refractivity contribution in [1.29, 1.82) is 0 Å². The highest BCUT2D eigenvalue weighted by Gasteiger charge is 2.23. The Morgan fingerprint density at radius 3 is 2.95 bits per heavy atom. The second-order valence-electron chi connectivity index (χ2n) is 5.87. The summed E-state index contributed by atoms with van der Waals surface area (Å²) in [4.78, 5) is 12.0. The van der Waals surface area contributed by atoms with Gasteiger partial charge in [-0.2, -0.15) is 0 Å². The van der Waals surface area contributed by atoms with Gasteiger partial charge in [0, 0.05) is 0 Å². The van der Waals surface area contributed by atoms with Crippen molar-refractivity contribution < 1.29 is 14.3 Å². The quantitative estimate of drug-likeness (QED) is 0.890. The zero-order valence-electron chi connectivity index (χ0n) is 12.0. The van der Waals surface area contributed by atoms with Gasteiger partial charge in [0.25, 0.3) is 0 Å². The Kier molecular flexibility index (Phi) is 4.76. The Bertz CT molecular complexity index is 487. The van der Waals surface area contributed by atoms with E-state index in [0.717, 1.165) is 30.4 Å². The van der Waals surface area contributed by atoms with Gasteiger partial charge in [-0.1, -0.05) is 19.9 Å². The van der Waals surface area contributed by atoms with E-state index in [-0.39, 0.29) is 30.1 Å². The van der Waals surface area contributed by atoms with Gasteiger partial charge in [0.1, 0.15) is 5.82 Å². The molecule has 0 radical (unpaired) electrons. The monoisotopic (exact) mass is 279 g/mol. The number of aryl methyl sites for hydroxylation is 1. The first kappa shape index (κ1) is 15.0. The standard InChI is InChI=1S/C16H22FNO2/c1-10(2)15(19)9-16(20)18-14-5-3-4-11-6-7-12(17)8-13(11)14/h6-8,10,14-15,19H,3-5,9H2,1-2H3,(H,18,20)/t14-,15+/m0/s1. The van der Waals surface area contributed by atoms with Crippen LogP contribution in [0.1, 0.15) is 50.3 Å². The van der Waals surface area contributed by atoms with Gasteiger partial charge in [0.15, 0.2) is 0 Å². The summed E-state index contributed by atoms with van der Waals surface area (Å²) >= 11 is 0. The normalized spacial score (nSPS) is 19.6. The van der Waals surface area contributed by atoms with Crippen molar-refractivity contribution in [1.82, 2.24) is 5.32 Å². The third-order valence-electron chi connectivity index (χ3n) is 3.92. The first-order chi connectivity index (χ1) is 9.47. The maximum Gasteiger partial charge on any atom is 0.223 e. The minimum absolute atomic E-state index is 0.0526. The number of fused-ring (bicyclic) bond motifs is 1. The van der Waals surface area contributed by atoms with Crippen LogP contribution in [-0.2, 0) is 11.2 Å². The number of hydrogen-bond acceptors (Lipinski definition) is 2. The van der Waals surface area contributed by atoms with Crippen LogP contribution in [0, 0.1) is 11.7 Å². The lowest BCUT2D eigenvalue weighted by molar-refractivity contribution is -0.124. The Balaban J connectivity index is 2.04. The zero-order chi connectivity index (χ0) is 14.7. The van der Waals surface area contributed by atoms with Gasteiger partial charge in [0.2, 0.25) is 5.91 Å². The van der Waals surface area contributed by atoms with E-state index in [1.165, 1.54) is 12.1 Å². The largest absolute Gasteiger partial charge is 0.392 e. The Labute approximate surface area is 119 Å². The van der Waals surface area contributed by atoms with Crippen LogP contribution in [0.25, 0.3) is 0 Å². The molecule has 0 bridgehead atoms. The summed E-state index contributed by atoms with van der Waals surface area (Å²) in [5, 5.41) is 12.7. The van der Waals surface area contributed by atoms with Gasteiger partial charge in [-0.3, -0.25) is 4.79 Å². The topological polar surface area (TPSA) is 49.3 Å². The van der Waals surface area contributed by atoms with Crippen LogP contribution in [0.4, 0.5) is 4.39 Å². The van der Waals surface area contributed by atoms with Crippen molar-refractivity contribution in [3.8, 4) is 0 Å². The van der Waals surface area contributed by atoms with Crippen LogP contribution < -0.4 is 5.32 Å². The molecule has 110 valence electrons. The lowest BCUT2D eigenvalue weighted by Gasteiger charge is -2.27. The van der Waals surface area contributed by atoms with Crippen LogP contribution in [-0.4, -0.2) is 17.1 Å². The molecule has 0 fully saturated rings. The van der Waals surface area contributed by atoms with Crippen LogP contribution in [0.3, 0.4) is 0 Å². The fraction of sp³-hybridized carbons (Fsp3) is 0.562. The number of hydrogen-bond donors (Lipinski definition) is 2. The minimum Gasteiger partial charge on any atom is -0.392 e. The van der Waals surface area contributed by atoms with Gasteiger partial charge >= 0.3 is 0 Å². The van der Waals surface area contributed by atoms with Crippen molar-refractivity contribution in [2.75, 3.05) is 0 Å². The predicted octanol–water partition coefficient (Wildman–Crippen LogP) is 2.73. The molecular formula is C16H22FNO2. The molecule has 0 aliphatic heterocycles. The summed E-state index contributed by atoms with van der Waals surface area (Å²) in [5.41, 5.74) is 1.98. The predicted molar refractivity (Wildman–Crippen MR) is 75.7 cm³/mol. The number of amides is 1. The van der Waals surface area contributed by atoms with Crippen LogP contribution in [0.2, 0.25) is 0 Å². The van der Waals surface area contributed by atoms with Crippen molar-refractivity contribution in [3.05, 3.63) is 35.1 Å². The molecule has 1 aromatic rings. The first-order valence-electron chi connectivity index (χ1n) is 7.23. The molecule has 1 aliphatic carbocycles. The molecule has 3 nitrogen and oxygen atoms in total. The van der Waals surface area contributed by atoms with E-state index in [4.69, 9.17) is 0 Å². The van der Waals surface area contributed by atoms with Crippen molar-refractivity contribution in [2.24, 2.45) is 5.92 Å². The van der Waals surface area contributed by atoms with E-state index in [1.54, 1.807) is 6.07 Å². The minimum atomic E-state index is -0.634. The fourth-order valence-electron chi connectivity index (χ4n) is 2.60. The number of nitrogens with one attached hydrogen (secondary N) is 1. The van der Waals surface area contributed by atoms with Crippen molar-refractivity contribution >= 4 is 5.91 Å². The van der Waals surface area contributed by atoms with Crippen LogP contribution in [0.15, 0.2) is 18.2 Å². The molecule has 2 atom stereocenters. The van der Waals surface area contributed by atoms with E-state index in [1.807, 2.05) is 13.8 Å². The van der Waals surface area contributed by atoms with Gasteiger partial charge in [-0.15, -0.1) is 0 Å². The van der Waals surface area contributed by atoms with E-state index < -0.39 is 6.10 Å². The number of rotatable bonds is 4. The third-order valence-corrected chi connectivity index (χ3v) is 3.92. The number of carbonyl (C=O) groups excluding carboxylic acids is 1. The van der Waals surface area contributed by atoms with Crippen molar-refractivity contribution in [2.45, 2.75) is 51.7 Å². The Morgan fingerprint density at radius 2 is 2.25 bits per heavy atom. The number of aliphatic hydroxyl groups excluding tert-OH is 1. The SMILES string of the molecule is CC(C)[C@H](O)CC(=O)N[C@H]1CCCc2ccc(F)cc21. The van der Waals surface area contributed by atoms with E-state index >= 15 is 0 Å². The molecule has 0 saturated heterocycles. The second kappa shape index (κ2) is 6.35. The first-order valence-corrected chi connectivity index (χ1v) is 7.23. The molecule has 2 N–H and O–H groups in total. The molecule has 2 rings (SSSR count). The number of halogens is 1. The van der Waals surface area contributed by atoms with Crippen molar-refractivity contribution in [3.63, 3.8) is 0 Å². The highest BCUT2D eigenvalue weighted by atomic mass is 19.1. The highest BCUT2D eigenvalue weighted by molar-refractivity contribution is 5.77. The summed E-state index contributed by atoms with van der Waals surface area (Å²) in [6.45, 7) is 3.76. The van der Waals surface area contributed by atoms with Gasteiger partial charge in [-0.25, -0.2) is 4.39 Å². The Morgan fingerprint density at radius 1 is 1.50 bits per heavy atom. The molecule has 1 aliphatic rings. The molecule has 1 amide bonds. The second-order valence-corrected chi connectivity index (χ2v) is 5.87. The molecule has 0 saturated carbocycles. The Hall–Kier alpha value is -1.42. The van der Waals surface area contributed by atoms with Gasteiger partial charge in [-0.05, 0) is 48.4 Å². The lowest BCUT2D eigenvalue weighted by atomic mass is 9.87. The molecule has 20 heavy (non-hydrogen) atoms. The van der Waals surface area contributed by atoms with Gasteiger partial charge < -0.3 is 10.4 Å². The lowest BCUT2D eigenvalue weighted by Crippen LogP contribution is -2.34. The maximum atomic E-state index is 13.4. The average Bonchev–Trinajstić information content (AvgIpc) is 2.39. The summed E-state index contributed by atoms with van der Waals surface area (Å²) < 4.78 is 13.4. The smallest absolute Gasteiger partial charge is 0.223 e. The molecule has 0 unspecified atom stereocenters. The van der Waals surface area contributed by atoms with E-state index in [9.17, 15) is 14.3 Å². The number of aliphatic hydroxyl groups is 1. The maximum absolute atomic E-state index is 13.4. The average molecular weight is 279 g/mol. The van der Waals surface area contributed by atoms with Gasteiger partial charge in [0.05, 0.1) is 18.6 Å². The molecular weight excluding hydrogens is 257 g/mol. The molecule has 0 heterocycles. The molecule has 0 spiro atoms.